The van der Waals surface area contributed by atoms with Gasteiger partial charge in [-0.05, 0) is 26.0 Å². The van der Waals surface area contributed by atoms with Gasteiger partial charge in [-0.1, -0.05) is 0 Å². The van der Waals surface area contributed by atoms with Crippen LogP contribution in [0.1, 0.15) is 19.9 Å². The van der Waals surface area contributed by atoms with Crippen LogP contribution < -0.4 is 0 Å². The van der Waals surface area contributed by atoms with Crippen LogP contribution in [0.4, 0.5) is 0 Å². The smallest absolute Gasteiger partial charge is 0.0670 e. The first-order valence-corrected chi connectivity index (χ1v) is 4.04. The molecule has 1 atom stereocenters. The maximum atomic E-state index is 5.30. The lowest BCUT2D eigenvalue weighted by atomic mass is 10.3. The molecule has 0 saturated carbocycles. The molecule has 0 spiro atoms. The van der Waals surface area contributed by atoms with Crippen LogP contribution in [-0.2, 0) is 4.74 Å². The summed E-state index contributed by atoms with van der Waals surface area (Å²) in [6.07, 6.45) is 4.12. The molecule has 1 heterocycles. The van der Waals surface area contributed by atoms with Gasteiger partial charge in [0.1, 0.15) is 0 Å². The van der Waals surface area contributed by atoms with Crippen LogP contribution in [0.15, 0.2) is 24.5 Å². The van der Waals surface area contributed by atoms with E-state index in [1.165, 1.54) is 0 Å². The third-order valence-electron chi connectivity index (χ3n) is 1.70. The summed E-state index contributed by atoms with van der Waals surface area (Å²) in [6.45, 7) is 5.76. The van der Waals surface area contributed by atoms with E-state index in [9.17, 15) is 0 Å². The van der Waals surface area contributed by atoms with E-state index in [2.05, 4.69) is 23.9 Å². The minimum Gasteiger partial charge on any atom is -0.380 e. The van der Waals surface area contributed by atoms with Crippen molar-refractivity contribution in [2.75, 3.05) is 13.2 Å². The topological polar surface area (TPSA) is 14.2 Å². The highest BCUT2D eigenvalue weighted by atomic mass is 16.5. The maximum Gasteiger partial charge on any atom is 0.0670 e. The monoisotopic (exact) mass is 153 g/mol. The van der Waals surface area contributed by atoms with Gasteiger partial charge in [-0.2, -0.15) is 0 Å². The number of rotatable bonds is 4. The molecule has 1 unspecified atom stereocenters. The number of hydrogen-bond donors (Lipinski definition) is 0. The van der Waals surface area contributed by atoms with Crippen molar-refractivity contribution in [1.29, 1.82) is 0 Å². The molecule has 0 aliphatic heterocycles. The van der Waals surface area contributed by atoms with Crippen LogP contribution in [0.5, 0.6) is 0 Å². The average molecular weight is 153 g/mol. The molecule has 1 aromatic heterocycles. The van der Waals surface area contributed by atoms with Gasteiger partial charge in [0, 0.05) is 19.0 Å². The molecule has 62 valence electrons. The van der Waals surface area contributed by atoms with Crippen molar-refractivity contribution >= 4 is 0 Å². The van der Waals surface area contributed by atoms with Crippen molar-refractivity contribution in [3.8, 4) is 0 Å². The van der Waals surface area contributed by atoms with Crippen molar-refractivity contribution in [2.45, 2.75) is 19.9 Å². The van der Waals surface area contributed by atoms with Crippen LogP contribution in [0, 0.1) is 0 Å². The molecule has 0 radical (unpaired) electrons. The highest BCUT2D eigenvalue weighted by Crippen LogP contribution is 2.05. The van der Waals surface area contributed by atoms with Gasteiger partial charge in [0.2, 0.25) is 0 Å². The van der Waals surface area contributed by atoms with E-state index >= 15 is 0 Å². The number of ether oxygens (including phenoxy) is 1. The molecule has 11 heavy (non-hydrogen) atoms. The standard InChI is InChI=1S/C9H15NO/c1-3-11-8-9(2)10-6-4-5-7-10/h4-7,9H,3,8H2,1-2H3. The zero-order chi connectivity index (χ0) is 8.10. The van der Waals surface area contributed by atoms with Crippen molar-refractivity contribution < 1.29 is 4.74 Å². The largest absolute Gasteiger partial charge is 0.380 e. The van der Waals surface area contributed by atoms with Gasteiger partial charge in [-0.15, -0.1) is 0 Å². The Labute approximate surface area is 67.8 Å². The van der Waals surface area contributed by atoms with Crippen molar-refractivity contribution in [3.05, 3.63) is 24.5 Å². The molecule has 0 N–H and O–H groups in total. The van der Waals surface area contributed by atoms with E-state index in [4.69, 9.17) is 4.74 Å². The Balaban J connectivity index is 2.36. The predicted octanol–water partition coefficient (Wildman–Crippen LogP) is 2.09. The Morgan fingerprint density at radius 2 is 2.00 bits per heavy atom. The summed E-state index contributed by atoms with van der Waals surface area (Å²) in [5.41, 5.74) is 0. The molecule has 0 aromatic carbocycles. The van der Waals surface area contributed by atoms with Crippen LogP contribution >= 0.6 is 0 Å². The van der Waals surface area contributed by atoms with Crippen molar-refractivity contribution in [1.82, 2.24) is 4.57 Å². The van der Waals surface area contributed by atoms with Crippen LogP contribution in [0.3, 0.4) is 0 Å². The van der Waals surface area contributed by atoms with Gasteiger partial charge in [0.15, 0.2) is 0 Å². The van der Waals surface area contributed by atoms with E-state index in [0.717, 1.165) is 13.2 Å². The first kappa shape index (κ1) is 8.34. The van der Waals surface area contributed by atoms with Gasteiger partial charge in [-0.25, -0.2) is 0 Å². The van der Waals surface area contributed by atoms with E-state index in [1.54, 1.807) is 0 Å². The molecule has 2 nitrogen and oxygen atoms in total. The molecule has 1 rings (SSSR count). The Kier molecular flexibility index (Phi) is 3.17. The lowest BCUT2D eigenvalue weighted by Gasteiger charge is -2.12. The molecule has 0 aliphatic carbocycles. The fourth-order valence-electron chi connectivity index (χ4n) is 1.02. The van der Waals surface area contributed by atoms with E-state index in [1.807, 2.05) is 19.1 Å². The summed E-state index contributed by atoms with van der Waals surface area (Å²) in [6, 6.07) is 4.51. The van der Waals surface area contributed by atoms with Crippen LogP contribution in [0.25, 0.3) is 0 Å². The zero-order valence-electron chi connectivity index (χ0n) is 7.16. The summed E-state index contributed by atoms with van der Waals surface area (Å²) in [5.74, 6) is 0. The first-order valence-electron chi connectivity index (χ1n) is 4.04. The maximum absolute atomic E-state index is 5.30. The molecule has 2 heteroatoms. The summed E-state index contributed by atoms with van der Waals surface area (Å²) in [4.78, 5) is 0. The second kappa shape index (κ2) is 4.19. The number of hydrogen-bond acceptors (Lipinski definition) is 1. The van der Waals surface area contributed by atoms with Crippen molar-refractivity contribution in [2.24, 2.45) is 0 Å². The minimum atomic E-state index is 0.449. The molecule has 0 saturated heterocycles. The van der Waals surface area contributed by atoms with Gasteiger partial charge >= 0.3 is 0 Å². The van der Waals surface area contributed by atoms with Gasteiger partial charge in [0.05, 0.1) is 12.6 Å². The third-order valence-corrected chi connectivity index (χ3v) is 1.70. The van der Waals surface area contributed by atoms with E-state index < -0.39 is 0 Å². The summed E-state index contributed by atoms with van der Waals surface area (Å²) >= 11 is 0. The highest BCUT2D eigenvalue weighted by molar-refractivity contribution is 4.92. The summed E-state index contributed by atoms with van der Waals surface area (Å²) in [7, 11) is 0. The predicted molar refractivity (Wildman–Crippen MR) is 45.6 cm³/mol. The molecule has 0 bridgehead atoms. The number of aromatic nitrogens is 1. The molecule has 0 aliphatic rings. The van der Waals surface area contributed by atoms with Crippen LogP contribution in [-0.4, -0.2) is 17.8 Å². The Hall–Kier alpha value is -0.760. The molecular formula is C9H15NO. The number of nitrogens with zero attached hydrogens (tertiary/aromatic N) is 1. The van der Waals surface area contributed by atoms with E-state index in [0.29, 0.717) is 6.04 Å². The molecular weight excluding hydrogens is 138 g/mol. The summed E-state index contributed by atoms with van der Waals surface area (Å²) < 4.78 is 7.45. The molecule has 0 fully saturated rings. The Morgan fingerprint density at radius 3 is 2.55 bits per heavy atom. The lowest BCUT2D eigenvalue weighted by molar-refractivity contribution is 0.119. The Bertz CT molecular complexity index is 181. The molecule has 0 amide bonds. The van der Waals surface area contributed by atoms with Gasteiger partial charge in [0.25, 0.3) is 0 Å². The van der Waals surface area contributed by atoms with Crippen LogP contribution in [0.2, 0.25) is 0 Å². The van der Waals surface area contributed by atoms with Gasteiger partial charge < -0.3 is 9.30 Å². The fraction of sp³-hybridized carbons (Fsp3) is 0.556. The SMILES string of the molecule is CCOCC(C)n1cccc1. The minimum absolute atomic E-state index is 0.449. The Morgan fingerprint density at radius 1 is 1.36 bits per heavy atom. The van der Waals surface area contributed by atoms with Crippen molar-refractivity contribution in [3.63, 3.8) is 0 Å². The zero-order valence-corrected chi connectivity index (χ0v) is 7.16. The lowest BCUT2D eigenvalue weighted by Crippen LogP contribution is -2.09. The van der Waals surface area contributed by atoms with Gasteiger partial charge in [-0.3, -0.25) is 0 Å². The fourth-order valence-corrected chi connectivity index (χ4v) is 1.02. The first-order chi connectivity index (χ1) is 5.34. The normalized spacial score (nSPS) is 13.3. The second-order valence-electron chi connectivity index (χ2n) is 2.64. The second-order valence-corrected chi connectivity index (χ2v) is 2.64. The molecule has 1 aromatic rings. The third kappa shape index (κ3) is 2.39. The summed E-state index contributed by atoms with van der Waals surface area (Å²) in [5, 5.41) is 0. The average Bonchev–Trinajstić information content (AvgIpc) is 2.52. The highest BCUT2D eigenvalue weighted by Gasteiger charge is 2.00. The van der Waals surface area contributed by atoms with E-state index in [-0.39, 0.29) is 0 Å². The quantitative estimate of drug-likeness (QED) is 0.646.